The zero-order chi connectivity index (χ0) is 12.9. The van der Waals surface area contributed by atoms with Crippen molar-refractivity contribution < 1.29 is 5.11 Å². The highest BCUT2D eigenvalue weighted by atomic mass is 16.3. The van der Waals surface area contributed by atoms with Gasteiger partial charge in [0, 0.05) is 31.9 Å². The Hall–Kier alpha value is -0.870. The predicted octanol–water partition coefficient (Wildman–Crippen LogP) is 1.79. The number of aliphatic hydroxyl groups excluding tert-OH is 1. The lowest BCUT2D eigenvalue weighted by atomic mass is 9.85. The van der Waals surface area contributed by atoms with Crippen LogP contribution >= 0.6 is 0 Å². The van der Waals surface area contributed by atoms with E-state index in [0.29, 0.717) is 6.04 Å². The minimum atomic E-state index is 0.153. The second kappa shape index (κ2) is 6.17. The van der Waals surface area contributed by atoms with Gasteiger partial charge in [0.15, 0.2) is 0 Å². The van der Waals surface area contributed by atoms with Crippen LogP contribution in [0.15, 0.2) is 12.5 Å². The van der Waals surface area contributed by atoms with Crippen molar-refractivity contribution in [3.8, 4) is 0 Å². The smallest absolute Gasteiger partial charge is 0.0948 e. The van der Waals surface area contributed by atoms with Crippen molar-refractivity contribution in [2.75, 3.05) is 6.61 Å². The largest absolute Gasteiger partial charge is 0.396 e. The maximum Gasteiger partial charge on any atom is 0.0948 e. The van der Waals surface area contributed by atoms with Gasteiger partial charge in [0.2, 0.25) is 0 Å². The van der Waals surface area contributed by atoms with Crippen LogP contribution < -0.4 is 5.32 Å². The van der Waals surface area contributed by atoms with Crippen molar-refractivity contribution in [1.82, 2.24) is 14.9 Å². The summed E-state index contributed by atoms with van der Waals surface area (Å²) in [4.78, 5) is 4.15. The number of aromatic nitrogens is 2. The predicted molar refractivity (Wildman–Crippen MR) is 69.7 cm³/mol. The fourth-order valence-corrected chi connectivity index (χ4v) is 1.98. The molecule has 0 aliphatic rings. The Labute approximate surface area is 104 Å². The summed E-state index contributed by atoms with van der Waals surface area (Å²) in [5, 5.41) is 12.6. The highest BCUT2D eigenvalue weighted by molar-refractivity contribution is 4.98. The first-order valence-corrected chi connectivity index (χ1v) is 6.32. The SMILES string of the molecule is CCn1cncc1CNC(CCO)C(C)(C)C. The van der Waals surface area contributed by atoms with Crippen LogP contribution in [0.1, 0.15) is 39.8 Å². The molecule has 0 fully saturated rings. The molecule has 0 spiro atoms. The Morgan fingerprint density at radius 2 is 2.18 bits per heavy atom. The van der Waals surface area contributed by atoms with E-state index in [0.717, 1.165) is 19.5 Å². The van der Waals surface area contributed by atoms with E-state index in [1.807, 2.05) is 12.5 Å². The van der Waals surface area contributed by atoms with Gasteiger partial charge in [-0.15, -0.1) is 0 Å². The van der Waals surface area contributed by atoms with Gasteiger partial charge in [0.25, 0.3) is 0 Å². The minimum Gasteiger partial charge on any atom is -0.396 e. The summed E-state index contributed by atoms with van der Waals surface area (Å²) in [5.41, 5.74) is 1.35. The topological polar surface area (TPSA) is 50.1 Å². The van der Waals surface area contributed by atoms with E-state index in [-0.39, 0.29) is 12.0 Å². The molecule has 0 saturated heterocycles. The molecule has 0 radical (unpaired) electrons. The number of hydrogen-bond donors (Lipinski definition) is 2. The van der Waals surface area contributed by atoms with Crippen LogP contribution in [0.3, 0.4) is 0 Å². The highest BCUT2D eigenvalue weighted by Gasteiger charge is 2.23. The lowest BCUT2D eigenvalue weighted by molar-refractivity contribution is 0.195. The van der Waals surface area contributed by atoms with Gasteiger partial charge in [-0.2, -0.15) is 0 Å². The molecule has 0 aliphatic carbocycles. The third kappa shape index (κ3) is 4.13. The average Bonchev–Trinajstić information content (AvgIpc) is 2.69. The normalized spacial score (nSPS) is 13.9. The Bertz CT molecular complexity index is 328. The molecule has 1 unspecified atom stereocenters. The van der Waals surface area contributed by atoms with Crippen LogP contribution in [-0.2, 0) is 13.1 Å². The minimum absolute atomic E-state index is 0.153. The summed E-state index contributed by atoms with van der Waals surface area (Å²) >= 11 is 0. The first-order chi connectivity index (χ1) is 7.99. The van der Waals surface area contributed by atoms with Crippen LogP contribution in [0.25, 0.3) is 0 Å². The molecule has 0 bridgehead atoms. The number of aliphatic hydroxyl groups is 1. The van der Waals surface area contributed by atoms with E-state index in [2.05, 4.69) is 42.6 Å². The Balaban J connectivity index is 2.58. The first kappa shape index (κ1) is 14.2. The van der Waals surface area contributed by atoms with E-state index < -0.39 is 0 Å². The summed E-state index contributed by atoms with van der Waals surface area (Å²) in [6.07, 6.45) is 4.54. The van der Waals surface area contributed by atoms with Crippen molar-refractivity contribution >= 4 is 0 Å². The summed E-state index contributed by atoms with van der Waals surface area (Å²) in [6, 6.07) is 0.313. The monoisotopic (exact) mass is 239 g/mol. The average molecular weight is 239 g/mol. The van der Waals surface area contributed by atoms with Gasteiger partial charge < -0.3 is 15.0 Å². The second-order valence-electron chi connectivity index (χ2n) is 5.48. The summed E-state index contributed by atoms with van der Waals surface area (Å²) < 4.78 is 2.13. The van der Waals surface area contributed by atoms with Crippen LogP contribution in [0.4, 0.5) is 0 Å². The summed E-state index contributed by atoms with van der Waals surface area (Å²) in [6.45, 7) is 10.7. The van der Waals surface area contributed by atoms with Gasteiger partial charge in [0.1, 0.15) is 0 Å². The number of aryl methyl sites for hydroxylation is 1. The van der Waals surface area contributed by atoms with E-state index >= 15 is 0 Å². The number of rotatable bonds is 6. The standard InChI is InChI=1S/C13H25N3O/c1-5-16-10-14-8-11(16)9-15-12(6-7-17)13(2,3)4/h8,10,12,15,17H,5-7,9H2,1-4H3. The summed E-state index contributed by atoms with van der Waals surface area (Å²) in [7, 11) is 0. The molecule has 17 heavy (non-hydrogen) atoms. The van der Waals surface area contributed by atoms with Crippen LogP contribution in [-0.4, -0.2) is 27.3 Å². The Kier molecular flexibility index (Phi) is 5.15. The molecule has 1 atom stereocenters. The molecule has 0 saturated carbocycles. The molecular weight excluding hydrogens is 214 g/mol. The molecule has 1 rings (SSSR count). The molecule has 1 heterocycles. The fourth-order valence-electron chi connectivity index (χ4n) is 1.98. The van der Waals surface area contributed by atoms with Crippen molar-refractivity contribution in [2.24, 2.45) is 5.41 Å². The van der Waals surface area contributed by atoms with Gasteiger partial charge in [0.05, 0.1) is 12.0 Å². The third-order valence-corrected chi connectivity index (χ3v) is 3.13. The molecule has 1 aromatic rings. The lowest BCUT2D eigenvalue weighted by Gasteiger charge is -2.31. The van der Waals surface area contributed by atoms with Crippen LogP contribution in [0, 0.1) is 5.41 Å². The second-order valence-corrected chi connectivity index (χ2v) is 5.48. The molecule has 0 aliphatic heterocycles. The lowest BCUT2D eigenvalue weighted by Crippen LogP contribution is -2.40. The van der Waals surface area contributed by atoms with Crippen molar-refractivity contribution in [3.05, 3.63) is 18.2 Å². The van der Waals surface area contributed by atoms with Crippen molar-refractivity contribution in [2.45, 2.75) is 53.2 Å². The molecule has 1 aromatic heterocycles. The van der Waals surface area contributed by atoms with Gasteiger partial charge in [-0.25, -0.2) is 4.98 Å². The molecular formula is C13H25N3O. The summed E-state index contributed by atoms with van der Waals surface area (Å²) in [5.74, 6) is 0. The zero-order valence-electron chi connectivity index (χ0n) is 11.4. The Morgan fingerprint density at radius 1 is 1.47 bits per heavy atom. The van der Waals surface area contributed by atoms with Crippen molar-refractivity contribution in [1.29, 1.82) is 0 Å². The molecule has 4 nitrogen and oxygen atoms in total. The van der Waals surface area contributed by atoms with Crippen LogP contribution in [0.5, 0.6) is 0 Å². The molecule has 98 valence electrons. The fraction of sp³-hybridized carbons (Fsp3) is 0.769. The molecule has 2 N–H and O–H groups in total. The molecule has 4 heteroatoms. The molecule has 0 aromatic carbocycles. The highest BCUT2D eigenvalue weighted by Crippen LogP contribution is 2.21. The number of hydrogen-bond acceptors (Lipinski definition) is 3. The van der Waals surface area contributed by atoms with E-state index in [1.54, 1.807) is 0 Å². The number of nitrogens with zero attached hydrogens (tertiary/aromatic N) is 2. The van der Waals surface area contributed by atoms with E-state index in [4.69, 9.17) is 5.11 Å². The van der Waals surface area contributed by atoms with Gasteiger partial charge >= 0.3 is 0 Å². The van der Waals surface area contributed by atoms with Gasteiger partial charge in [-0.3, -0.25) is 0 Å². The van der Waals surface area contributed by atoms with E-state index in [1.165, 1.54) is 5.69 Å². The van der Waals surface area contributed by atoms with Gasteiger partial charge in [-0.05, 0) is 18.8 Å². The van der Waals surface area contributed by atoms with E-state index in [9.17, 15) is 0 Å². The molecule has 0 amide bonds. The zero-order valence-corrected chi connectivity index (χ0v) is 11.4. The first-order valence-electron chi connectivity index (χ1n) is 6.32. The maximum atomic E-state index is 9.10. The third-order valence-electron chi connectivity index (χ3n) is 3.13. The van der Waals surface area contributed by atoms with Crippen LogP contribution in [0.2, 0.25) is 0 Å². The quantitative estimate of drug-likeness (QED) is 0.795. The Morgan fingerprint density at radius 3 is 2.71 bits per heavy atom. The maximum absolute atomic E-state index is 9.10. The number of imidazole rings is 1. The van der Waals surface area contributed by atoms with Gasteiger partial charge in [-0.1, -0.05) is 20.8 Å². The number of nitrogens with one attached hydrogen (secondary N) is 1. The van der Waals surface area contributed by atoms with Crippen molar-refractivity contribution in [3.63, 3.8) is 0 Å².